The van der Waals surface area contributed by atoms with Gasteiger partial charge in [-0.15, -0.1) is 0 Å². The number of halogens is 2. The molecule has 9 rings (SSSR count). The number of hydrogen-bond donors (Lipinski definition) is 2. The average molecular weight is 796 g/mol. The molecule has 1 aliphatic carbocycles. The lowest BCUT2D eigenvalue weighted by molar-refractivity contribution is -0.120. The number of nitrogens with one attached hydrogen (secondary N) is 2. The Morgan fingerprint density at radius 2 is 1.76 bits per heavy atom. The topological polar surface area (TPSA) is 145 Å². The smallest absolute Gasteiger partial charge is 0.328 e. The van der Waals surface area contributed by atoms with E-state index in [1.807, 2.05) is 30.3 Å². The Morgan fingerprint density at radius 1 is 0.983 bits per heavy atom. The number of imide groups is 1. The van der Waals surface area contributed by atoms with Crippen LogP contribution in [-0.2, 0) is 9.53 Å². The van der Waals surface area contributed by atoms with Crippen LogP contribution in [0.4, 0.5) is 30.8 Å². The zero-order valence-corrected chi connectivity index (χ0v) is 32.2. The van der Waals surface area contributed by atoms with E-state index >= 15 is 0 Å². The molecule has 2 N–H and O–H groups in total. The number of anilines is 3. The van der Waals surface area contributed by atoms with Crippen molar-refractivity contribution in [1.82, 2.24) is 39.5 Å². The molecule has 304 valence electrons. The van der Waals surface area contributed by atoms with Crippen molar-refractivity contribution in [3.05, 3.63) is 65.7 Å². The summed E-state index contributed by atoms with van der Waals surface area (Å²) < 4.78 is 37.6. The molecule has 0 radical (unpaired) electrons. The standard InChI is InChI=1S/C41H47F2N11O4/c42-38(43)37-34(45-40(56)33-22-44-53-16-12-35(46-39(33)53)51-24-31-10-11-32(25-51)58-31)26-54(48-37)29-8-6-28(7-9-29)23-50-19-17-49(18-20-50)14-2-4-27-3-1-5-30(21-27)52-15-13-36(55)47-41(52)57/h1,3,5,12,16,21-22,26,28-29,31-32,38H,6-11,13-15,17-20,23-25H2,(H,45,56)(H,47,55,57)/t28-,29+,31?,32?. The van der Waals surface area contributed by atoms with Gasteiger partial charge < -0.3 is 19.9 Å². The lowest BCUT2D eigenvalue weighted by Crippen LogP contribution is -2.49. The molecule has 3 aromatic heterocycles. The largest absolute Gasteiger partial charge is 0.371 e. The highest BCUT2D eigenvalue weighted by Gasteiger charge is 2.35. The minimum absolute atomic E-state index is 0.00342. The van der Waals surface area contributed by atoms with Gasteiger partial charge in [0.2, 0.25) is 5.91 Å². The lowest BCUT2D eigenvalue weighted by Gasteiger charge is -2.37. The van der Waals surface area contributed by atoms with Crippen LogP contribution in [-0.4, -0.2) is 123 Å². The third-order valence-electron chi connectivity index (χ3n) is 12.1. The Labute approximate surface area is 334 Å². The number of fused-ring (bicyclic) bond motifs is 3. The molecule has 17 heteroatoms. The first kappa shape index (κ1) is 38.1. The second-order valence-electron chi connectivity index (χ2n) is 16.0. The van der Waals surface area contributed by atoms with Gasteiger partial charge in [-0.3, -0.25) is 29.4 Å². The van der Waals surface area contributed by atoms with Gasteiger partial charge >= 0.3 is 6.03 Å². The summed E-state index contributed by atoms with van der Waals surface area (Å²) in [6, 6.07) is 8.95. The molecule has 58 heavy (non-hydrogen) atoms. The molecule has 1 aromatic carbocycles. The van der Waals surface area contributed by atoms with Crippen LogP contribution in [0.5, 0.6) is 0 Å². The van der Waals surface area contributed by atoms with Crippen molar-refractivity contribution in [2.75, 3.05) is 74.0 Å². The number of aromatic nitrogens is 5. The first-order chi connectivity index (χ1) is 28.2. The molecule has 5 fully saturated rings. The number of benzene rings is 1. The van der Waals surface area contributed by atoms with Crippen LogP contribution in [0.2, 0.25) is 0 Å². The molecule has 15 nitrogen and oxygen atoms in total. The highest BCUT2D eigenvalue weighted by atomic mass is 19.3. The summed E-state index contributed by atoms with van der Waals surface area (Å²) in [5, 5.41) is 13.6. The summed E-state index contributed by atoms with van der Waals surface area (Å²) in [6.07, 6.45) is 8.14. The predicted molar refractivity (Wildman–Crippen MR) is 211 cm³/mol. The van der Waals surface area contributed by atoms with E-state index in [4.69, 9.17) is 9.72 Å². The van der Waals surface area contributed by atoms with E-state index in [0.717, 1.165) is 101 Å². The lowest BCUT2D eigenvalue weighted by atomic mass is 9.85. The summed E-state index contributed by atoms with van der Waals surface area (Å²) in [6.45, 7) is 7.23. The number of carbonyl (C=O) groups excluding carboxylic acids is 3. The number of rotatable bonds is 9. The summed E-state index contributed by atoms with van der Waals surface area (Å²) in [4.78, 5) is 50.6. The molecule has 4 aliphatic heterocycles. The average Bonchev–Trinajstić information content (AvgIpc) is 3.95. The third-order valence-corrected chi connectivity index (χ3v) is 12.1. The van der Waals surface area contributed by atoms with E-state index in [1.165, 1.54) is 10.7 Å². The van der Waals surface area contributed by atoms with Crippen LogP contribution in [0.1, 0.15) is 79.0 Å². The fourth-order valence-electron chi connectivity index (χ4n) is 8.94. The quantitative estimate of drug-likeness (QED) is 0.235. The van der Waals surface area contributed by atoms with Crippen molar-refractivity contribution in [2.24, 2.45) is 5.92 Å². The number of alkyl halides is 2. The second kappa shape index (κ2) is 16.4. The molecular formula is C41H47F2N11O4. The molecule has 4 saturated heterocycles. The van der Waals surface area contributed by atoms with Crippen LogP contribution in [0.25, 0.3) is 5.65 Å². The van der Waals surface area contributed by atoms with Crippen LogP contribution in [0, 0.1) is 17.8 Å². The van der Waals surface area contributed by atoms with E-state index < -0.39 is 24.1 Å². The van der Waals surface area contributed by atoms with Crippen LogP contribution >= 0.6 is 0 Å². The van der Waals surface area contributed by atoms with Crippen LogP contribution < -0.4 is 20.4 Å². The van der Waals surface area contributed by atoms with E-state index in [0.29, 0.717) is 24.7 Å². The van der Waals surface area contributed by atoms with E-state index in [-0.39, 0.29) is 41.8 Å². The molecule has 5 aliphatic rings. The van der Waals surface area contributed by atoms with Gasteiger partial charge in [-0.1, -0.05) is 17.9 Å². The molecule has 2 bridgehead atoms. The second-order valence-corrected chi connectivity index (χ2v) is 16.0. The number of amides is 4. The molecule has 4 aromatic rings. The molecule has 7 heterocycles. The fraction of sp³-hybridized carbons (Fsp3) is 0.512. The van der Waals surface area contributed by atoms with Gasteiger partial charge in [-0.25, -0.2) is 23.1 Å². The molecule has 0 spiro atoms. The maximum Gasteiger partial charge on any atom is 0.328 e. The van der Waals surface area contributed by atoms with Crippen molar-refractivity contribution < 1.29 is 27.9 Å². The van der Waals surface area contributed by atoms with Crippen molar-refractivity contribution in [3.63, 3.8) is 0 Å². The fourth-order valence-corrected chi connectivity index (χ4v) is 8.94. The van der Waals surface area contributed by atoms with E-state index in [2.05, 4.69) is 47.4 Å². The molecule has 2 atom stereocenters. The Kier molecular flexibility index (Phi) is 10.8. The number of piperazine rings is 1. The number of urea groups is 1. The van der Waals surface area contributed by atoms with Gasteiger partial charge in [0.1, 0.15) is 11.4 Å². The van der Waals surface area contributed by atoms with Gasteiger partial charge in [0.25, 0.3) is 12.3 Å². The minimum atomic E-state index is -2.85. The Morgan fingerprint density at radius 3 is 2.52 bits per heavy atom. The van der Waals surface area contributed by atoms with Gasteiger partial charge in [0, 0.05) is 82.4 Å². The minimum Gasteiger partial charge on any atom is -0.371 e. The highest BCUT2D eigenvalue weighted by Crippen LogP contribution is 2.36. The summed E-state index contributed by atoms with van der Waals surface area (Å²) in [5.74, 6) is 6.94. The number of carbonyl (C=O) groups is 3. The van der Waals surface area contributed by atoms with Gasteiger partial charge in [-0.05, 0) is 68.7 Å². The molecular weight excluding hydrogens is 749 g/mol. The third kappa shape index (κ3) is 8.27. The maximum absolute atomic E-state index is 14.3. The maximum atomic E-state index is 14.3. The van der Waals surface area contributed by atoms with Crippen molar-refractivity contribution >= 4 is 40.7 Å². The van der Waals surface area contributed by atoms with Gasteiger partial charge in [-0.2, -0.15) is 10.2 Å². The number of morpholine rings is 1. The zero-order valence-electron chi connectivity index (χ0n) is 32.2. The summed E-state index contributed by atoms with van der Waals surface area (Å²) >= 11 is 0. The molecule has 4 amide bonds. The van der Waals surface area contributed by atoms with Gasteiger partial charge in [0.15, 0.2) is 11.3 Å². The van der Waals surface area contributed by atoms with E-state index in [1.54, 1.807) is 22.0 Å². The number of hydrogen-bond acceptors (Lipinski definition) is 10. The summed E-state index contributed by atoms with van der Waals surface area (Å²) in [5.41, 5.74) is 1.67. The first-order valence-corrected chi connectivity index (χ1v) is 20.3. The van der Waals surface area contributed by atoms with Crippen molar-refractivity contribution in [2.45, 2.75) is 69.6 Å². The van der Waals surface area contributed by atoms with Crippen LogP contribution in [0.3, 0.4) is 0 Å². The van der Waals surface area contributed by atoms with Crippen LogP contribution in [0.15, 0.2) is 48.9 Å². The van der Waals surface area contributed by atoms with Crippen molar-refractivity contribution in [3.8, 4) is 11.8 Å². The monoisotopic (exact) mass is 795 g/mol. The Hall–Kier alpha value is -5.44. The Bertz CT molecular complexity index is 2220. The number of ether oxygens (including phenoxy) is 1. The zero-order chi connectivity index (χ0) is 39.8. The predicted octanol–water partition coefficient (Wildman–Crippen LogP) is 4.33. The van der Waals surface area contributed by atoms with Crippen molar-refractivity contribution in [1.29, 1.82) is 0 Å². The van der Waals surface area contributed by atoms with Gasteiger partial charge in [0.05, 0.1) is 36.7 Å². The first-order valence-electron chi connectivity index (χ1n) is 20.3. The number of nitrogens with zero attached hydrogens (tertiary/aromatic N) is 9. The molecule has 2 unspecified atom stereocenters. The van der Waals surface area contributed by atoms with E-state index in [9.17, 15) is 23.2 Å². The molecule has 1 saturated carbocycles. The summed E-state index contributed by atoms with van der Waals surface area (Å²) in [7, 11) is 0. The SMILES string of the molecule is O=C1CCN(c2cccc(C#CCN3CCN(C[C@H]4CC[C@@H](n5cc(NC(=O)c6cnn7ccc(N8CC9CCC(C8)O9)nc67)c(C(F)F)n5)CC4)CC3)c2)C(=O)N1. The Balaban J connectivity index is 0.751. The normalized spacial score (nSPS) is 24.3. The highest BCUT2D eigenvalue weighted by molar-refractivity contribution is 6.08.